The van der Waals surface area contributed by atoms with Crippen LogP contribution in [0.4, 0.5) is 5.69 Å². The lowest BCUT2D eigenvalue weighted by Gasteiger charge is -2.28. The third kappa shape index (κ3) is 3.28. The number of para-hydroxylation sites is 1. The van der Waals surface area contributed by atoms with Crippen molar-refractivity contribution < 1.29 is 23.5 Å². The normalized spacial score (nSPS) is 23.1. The van der Waals surface area contributed by atoms with Gasteiger partial charge in [0.15, 0.2) is 11.5 Å². The number of hydrogen-bond acceptors (Lipinski definition) is 8. The number of carbonyl (C=O) groups excluding carboxylic acids is 3. The number of fused-ring (bicyclic) bond motifs is 3. The Kier molecular flexibility index (Phi) is 5.07. The van der Waals surface area contributed by atoms with Crippen LogP contribution in [0.15, 0.2) is 74.6 Å². The van der Waals surface area contributed by atoms with E-state index in [4.69, 9.17) is 9.15 Å². The van der Waals surface area contributed by atoms with Crippen LogP contribution in [0.5, 0.6) is 0 Å². The zero-order chi connectivity index (χ0) is 23.3. The molecular weight excluding hydrogens is 474 g/mol. The molecule has 1 fully saturated rings. The van der Waals surface area contributed by atoms with Crippen molar-refractivity contribution in [1.82, 2.24) is 5.01 Å². The van der Waals surface area contributed by atoms with Crippen molar-refractivity contribution >= 4 is 52.3 Å². The number of benzene rings is 1. The van der Waals surface area contributed by atoms with E-state index >= 15 is 0 Å². The van der Waals surface area contributed by atoms with Crippen molar-refractivity contribution in [2.45, 2.75) is 35.1 Å². The first-order valence-corrected chi connectivity index (χ1v) is 12.5. The van der Waals surface area contributed by atoms with Gasteiger partial charge in [0.2, 0.25) is 5.91 Å². The molecule has 2 amide bonds. The average Bonchev–Trinajstić information content (AvgIpc) is 3.65. The summed E-state index contributed by atoms with van der Waals surface area (Å²) in [5.74, 6) is -0.551. The Balaban J connectivity index is 1.21. The Bertz CT molecular complexity index is 1300. The molecule has 1 saturated heterocycles. The summed E-state index contributed by atoms with van der Waals surface area (Å²) < 4.78 is 11.1. The fourth-order valence-corrected chi connectivity index (χ4v) is 6.75. The molecule has 8 nitrogen and oxygen atoms in total. The molecule has 3 aliphatic heterocycles. The van der Waals surface area contributed by atoms with Crippen molar-refractivity contribution in [3.63, 3.8) is 0 Å². The second kappa shape index (κ2) is 8.14. The first-order chi connectivity index (χ1) is 16.6. The van der Waals surface area contributed by atoms with E-state index < -0.39 is 29.4 Å². The molecule has 5 heterocycles. The standard InChI is InChI=1S/C24H19N3O5S2/c28-21-9-10-24(26(21)16-5-1-2-7-20(16)34-24)23(30)32-14-22(29)27-17(18-6-3-11-31-18)13-15(25-27)19-8-4-12-33-19/h1-8,11-12,17H,9-10,13-14H2/t17-,24+/m1/s1. The minimum absolute atomic E-state index is 0.122. The number of rotatable bonds is 5. The molecule has 0 bridgehead atoms. The number of nitrogens with zero attached hydrogens (tertiary/aromatic N) is 3. The van der Waals surface area contributed by atoms with Gasteiger partial charge >= 0.3 is 5.97 Å². The van der Waals surface area contributed by atoms with E-state index in [1.165, 1.54) is 21.7 Å². The number of esters is 1. The Hall–Kier alpha value is -3.37. The molecule has 0 N–H and O–H groups in total. The summed E-state index contributed by atoms with van der Waals surface area (Å²) in [6.07, 6.45) is 2.65. The van der Waals surface area contributed by atoms with Gasteiger partial charge in [0, 0.05) is 24.2 Å². The third-order valence-electron chi connectivity index (χ3n) is 6.16. The van der Waals surface area contributed by atoms with Gasteiger partial charge in [0.05, 0.1) is 22.5 Å². The lowest BCUT2D eigenvalue weighted by atomic mass is 10.1. The van der Waals surface area contributed by atoms with Crippen LogP contribution in [0.2, 0.25) is 0 Å². The second-order valence-electron chi connectivity index (χ2n) is 8.16. The van der Waals surface area contributed by atoms with E-state index in [0.29, 0.717) is 24.3 Å². The number of hydrazone groups is 1. The molecule has 3 aromatic rings. The Labute approximate surface area is 203 Å². The fourth-order valence-electron chi connectivity index (χ4n) is 4.61. The summed E-state index contributed by atoms with van der Waals surface area (Å²) >= 11 is 2.86. The molecule has 10 heteroatoms. The molecule has 2 atom stereocenters. The number of anilines is 1. The van der Waals surface area contributed by atoms with Crippen LogP contribution in [-0.4, -0.2) is 40.0 Å². The number of carbonyl (C=O) groups is 3. The highest BCUT2D eigenvalue weighted by molar-refractivity contribution is 8.02. The molecule has 34 heavy (non-hydrogen) atoms. The summed E-state index contributed by atoms with van der Waals surface area (Å²) in [6.45, 7) is -0.474. The quantitative estimate of drug-likeness (QED) is 0.495. The number of thioether (sulfide) groups is 1. The molecule has 0 radical (unpaired) electrons. The van der Waals surface area contributed by atoms with Crippen molar-refractivity contribution in [2.24, 2.45) is 5.10 Å². The van der Waals surface area contributed by atoms with Crippen LogP contribution >= 0.6 is 23.1 Å². The first kappa shape index (κ1) is 21.2. The molecule has 0 unspecified atom stereocenters. The van der Waals surface area contributed by atoms with Crippen molar-refractivity contribution in [1.29, 1.82) is 0 Å². The summed E-state index contributed by atoms with van der Waals surface area (Å²) in [6, 6.07) is 14.4. The van der Waals surface area contributed by atoms with E-state index in [-0.39, 0.29) is 12.3 Å². The van der Waals surface area contributed by atoms with Gasteiger partial charge in [-0.15, -0.1) is 11.3 Å². The van der Waals surface area contributed by atoms with E-state index in [1.54, 1.807) is 29.7 Å². The van der Waals surface area contributed by atoms with Crippen LogP contribution in [0.3, 0.4) is 0 Å². The predicted octanol–water partition coefficient (Wildman–Crippen LogP) is 4.19. The zero-order valence-corrected chi connectivity index (χ0v) is 19.5. The van der Waals surface area contributed by atoms with Gasteiger partial charge in [0.25, 0.3) is 5.91 Å². The Morgan fingerprint density at radius 3 is 2.85 bits per heavy atom. The molecule has 0 aliphatic carbocycles. The van der Waals surface area contributed by atoms with Crippen LogP contribution in [-0.2, 0) is 19.1 Å². The number of hydrogen-bond donors (Lipinski definition) is 0. The molecule has 0 spiro atoms. The maximum atomic E-state index is 13.3. The van der Waals surface area contributed by atoms with Gasteiger partial charge in [-0.05, 0) is 35.7 Å². The van der Waals surface area contributed by atoms with E-state index in [9.17, 15) is 14.4 Å². The number of amides is 2. The highest BCUT2D eigenvalue weighted by Crippen LogP contribution is 2.56. The fraction of sp³-hybridized carbons (Fsp3) is 0.250. The minimum atomic E-state index is -1.17. The SMILES string of the molecule is O=C(COC(=O)[C@@]12CCC(=O)N1c1ccccc1S2)N1N=C(c2cccs2)C[C@@H]1c1ccco1. The van der Waals surface area contributed by atoms with Crippen molar-refractivity contribution in [3.05, 3.63) is 70.8 Å². The van der Waals surface area contributed by atoms with Gasteiger partial charge in [-0.1, -0.05) is 30.0 Å². The molecule has 6 rings (SSSR count). The average molecular weight is 494 g/mol. The van der Waals surface area contributed by atoms with E-state index in [0.717, 1.165) is 15.5 Å². The van der Waals surface area contributed by atoms with Gasteiger partial charge in [-0.2, -0.15) is 5.10 Å². The van der Waals surface area contributed by atoms with Crippen LogP contribution in [0.1, 0.15) is 35.9 Å². The van der Waals surface area contributed by atoms with Crippen LogP contribution < -0.4 is 4.90 Å². The molecule has 172 valence electrons. The first-order valence-electron chi connectivity index (χ1n) is 10.8. The third-order valence-corrected chi connectivity index (χ3v) is 8.54. The second-order valence-corrected chi connectivity index (χ2v) is 10.4. The summed E-state index contributed by atoms with van der Waals surface area (Å²) in [4.78, 5) is 41.2. The predicted molar refractivity (Wildman–Crippen MR) is 126 cm³/mol. The smallest absolute Gasteiger partial charge is 0.344 e. The lowest BCUT2D eigenvalue weighted by molar-refractivity contribution is -0.154. The minimum Gasteiger partial charge on any atom is -0.467 e. The zero-order valence-electron chi connectivity index (χ0n) is 17.9. The summed E-state index contributed by atoms with van der Waals surface area (Å²) in [7, 11) is 0. The maximum absolute atomic E-state index is 13.3. The largest absolute Gasteiger partial charge is 0.467 e. The topological polar surface area (TPSA) is 92.4 Å². The van der Waals surface area contributed by atoms with Crippen LogP contribution in [0.25, 0.3) is 0 Å². The number of thiophene rings is 1. The maximum Gasteiger partial charge on any atom is 0.344 e. The van der Waals surface area contributed by atoms with Crippen molar-refractivity contribution in [3.8, 4) is 0 Å². The van der Waals surface area contributed by atoms with E-state index in [1.807, 2.05) is 41.8 Å². The number of ether oxygens (including phenoxy) is 1. The highest BCUT2D eigenvalue weighted by atomic mass is 32.2. The van der Waals surface area contributed by atoms with Gasteiger partial charge in [0.1, 0.15) is 11.8 Å². The van der Waals surface area contributed by atoms with Gasteiger partial charge in [-0.25, -0.2) is 9.80 Å². The van der Waals surface area contributed by atoms with Crippen molar-refractivity contribution in [2.75, 3.05) is 11.5 Å². The lowest BCUT2D eigenvalue weighted by Crippen LogP contribution is -2.48. The molecule has 3 aliphatic rings. The molecule has 1 aromatic carbocycles. The summed E-state index contributed by atoms with van der Waals surface area (Å²) in [5.41, 5.74) is 1.49. The Morgan fingerprint density at radius 2 is 2.06 bits per heavy atom. The van der Waals surface area contributed by atoms with Gasteiger partial charge < -0.3 is 9.15 Å². The molecular formula is C24H19N3O5S2. The summed E-state index contributed by atoms with van der Waals surface area (Å²) in [5, 5.41) is 7.84. The van der Waals surface area contributed by atoms with E-state index in [2.05, 4.69) is 5.10 Å². The highest BCUT2D eigenvalue weighted by Gasteiger charge is 2.58. The Morgan fingerprint density at radius 1 is 1.18 bits per heavy atom. The number of furan rings is 1. The molecule has 0 saturated carbocycles. The monoisotopic (exact) mass is 493 g/mol. The van der Waals surface area contributed by atoms with Gasteiger partial charge in [-0.3, -0.25) is 14.5 Å². The van der Waals surface area contributed by atoms with Crippen LogP contribution in [0, 0.1) is 0 Å². The molecule has 2 aromatic heterocycles.